The minimum Gasteiger partial charge on any atom is -0.473 e. The van der Waals surface area contributed by atoms with Gasteiger partial charge in [0.1, 0.15) is 19.0 Å². The summed E-state index contributed by atoms with van der Waals surface area (Å²) in [5.74, 6) is 1.17. The van der Waals surface area contributed by atoms with Crippen molar-refractivity contribution in [2.24, 2.45) is 0 Å². The molecule has 19 heavy (non-hydrogen) atoms. The first kappa shape index (κ1) is 13.1. The van der Waals surface area contributed by atoms with E-state index in [2.05, 4.69) is 9.97 Å². The Kier molecular flexibility index (Phi) is 4.17. The fourth-order valence-electron chi connectivity index (χ4n) is 1.27. The van der Waals surface area contributed by atoms with Gasteiger partial charge in [0.2, 0.25) is 5.89 Å². The Labute approximate surface area is 109 Å². The van der Waals surface area contributed by atoms with Crippen LogP contribution in [0.25, 0.3) is 12.2 Å². The van der Waals surface area contributed by atoms with Crippen molar-refractivity contribution >= 4 is 18.2 Å². The second-order valence-corrected chi connectivity index (χ2v) is 3.83. The van der Waals surface area contributed by atoms with Gasteiger partial charge in [0, 0.05) is 20.2 Å². The lowest BCUT2D eigenvalue weighted by atomic mass is 10.4. The van der Waals surface area contributed by atoms with Crippen molar-refractivity contribution in [2.75, 3.05) is 32.3 Å². The van der Waals surface area contributed by atoms with Crippen molar-refractivity contribution in [3.8, 4) is 5.88 Å². The van der Waals surface area contributed by atoms with Gasteiger partial charge in [0.25, 0.3) is 11.9 Å². The Balaban J connectivity index is 1.99. The maximum absolute atomic E-state index is 11.9. The van der Waals surface area contributed by atoms with Crippen LogP contribution in [0.3, 0.4) is 0 Å². The number of hydrogen-bond donors (Lipinski definition) is 0. The van der Waals surface area contributed by atoms with Crippen LogP contribution >= 0.6 is 0 Å². The molecule has 0 saturated heterocycles. The SMILES string of the molecule is CN(C)c1ncc(C=Cc2nc(OCCF)co2)o1. The molecule has 0 aliphatic carbocycles. The van der Waals surface area contributed by atoms with E-state index in [9.17, 15) is 4.39 Å². The smallest absolute Gasteiger partial charge is 0.297 e. The minimum absolute atomic E-state index is 0.0377. The summed E-state index contributed by atoms with van der Waals surface area (Å²) in [6.45, 7) is -0.604. The number of hydrogen-bond acceptors (Lipinski definition) is 6. The standard InChI is InChI=1S/C12H14FN3O3/c1-16(2)12-14-7-9(19-12)3-4-10-15-11(8-18-10)17-6-5-13/h3-4,7-8H,5-6H2,1-2H3. The van der Waals surface area contributed by atoms with E-state index >= 15 is 0 Å². The van der Waals surface area contributed by atoms with Gasteiger partial charge in [-0.15, -0.1) is 0 Å². The molecule has 0 fully saturated rings. The van der Waals surface area contributed by atoms with Crippen LogP contribution in [-0.4, -0.2) is 37.3 Å². The predicted molar refractivity (Wildman–Crippen MR) is 67.7 cm³/mol. The molecular weight excluding hydrogens is 253 g/mol. The molecule has 0 radical (unpaired) electrons. The normalized spacial score (nSPS) is 11.1. The van der Waals surface area contributed by atoms with E-state index in [4.69, 9.17) is 13.6 Å². The van der Waals surface area contributed by atoms with Crippen LogP contribution < -0.4 is 9.64 Å². The van der Waals surface area contributed by atoms with Crippen LogP contribution in [0.4, 0.5) is 10.4 Å². The minimum atomic E-state index is -0.566. The Morgan fingerprint density at radius 3 is 2.95 bits per heavy atom. The maximum atomic E-state index is 11.9. The van der Waals surface area contributed by atoms with Crippen molar-refractivity contribution < 1.29 is 18.0 Å². The molecule has 0 unspecified atom stereocenters. The molecule has 0 spiro atoms. The maximum Gasteiger partial charge on any atom is 0.297 e. The topological polar surface area (TPSA) is 64.5 Å². The van der Waals surface area contributed by atoms with Gasteiger partial charge < -0.3 is 18.5 Å². The first-order valence-corrected chi connectivity index (χ1v) is 5.64. The zero-order chi connectivity index (χ0) is 13.7. The van der Waals surface area contributed by atoms with Crippen molar-refractivity contribution in [2.45, 2.75) is 0 Å². The van der Waals surface area contributed by atoms with Crippen LogP contribution in [0, 0.1) is 0 Å². The van der Waals surface area contributed by atoms with E-state index in [0.717, 1.165) is 0 Å². The van der Waals surface area contributed by atoms with Crippen LogP contribution in [0.5, 0.6) is 5.88 Å². The molecule has 102 valence electrons. The summed E-state index contributed by atoms with van der Waals surface area (Å²) in [6.07, 6.45) is 6.20. The van der Waals surface area contributed by atoms with E-state index in [-0.39, 0.29) is 12.5 Å². The molecule has 0 atom stereocenters. The first-order chi connectivity index (χ1) is 9.19. The zero-order valence-corrected chi connectivity index (χ0v) is 10.7. The molecule has 0 aromatic carbocycles. The molecule has 2 rings (SSSR count). The van der Waals surface area contributed by atoms with E-state index in [0.29, 0.717) is 17.7 Å². The van der Waals surface area contributed by atoms with Gasteiger partial charge in [-0.3, -0.25) is 0 Å². The number of oxazole rings is 2. The molecule has 2 heterocycles. The summed E-state index contributed by atoms with van der Waals surface area (Å²) in [6, 6.07) is 0.513. The first-order valence-electron chi connectivity index (χ1n) is 5.64. The molecular formula is C12H14FN3O3. The van der Waals surface area contributed by atoms with Crippen LogP contribution in [-0.2, 0) is 0 Å². The molecule has 2 aromatic heterocycles. The van der Waals surface area contributed by atoms with E-state index in [1.54, 1.807) is 23.2 Å². The van der Waals surface area contributed by atoms with Crippen LogP contribution in [0.1, 0.15) is 11.7 Å². The Bertz CT molecular complexity index is 548. The number of alkyl halides is 1. The van der Waals surface area contributed by atoms with E-state index in [1.807, 2.05) is 14.1 Å². The second kappa shape index (κ2) is 6.03. The van der Waals surface area contributed by atoms with Gasteiger partial charge in [-0.25, -0.2) is 9.37 Å². The van der Waals surface area contributed by atoms with Gasteiger partial charge in [-0.1, -0.05) is 0 Å². The Morgan fingerprint density at radius 2 is 2.26 bits per heavy atom. The Hall–Kier alpha value is -2.31. The van der Waals surface area contributed by atoms with Crippen LogP contribution in [0.15, 0.2) is 21.3 Å². The molecule has 0 aliphatic heterocycles. The summed E-state index contributed by atoms with van der Waals surface area (Å²) < 4.78 is 27.4. The lowest BCUT2D eigenvalue weighted by molar-refractivity contribution is 0.264. The van der Waals surface area contributed by atoms with Gasteiger partial charge >= 0.3 is 0 Å². The highest BCUT2D eigenvalue weighted by Gasteiger charge is 2.04. The predicted octanol–water partition coefficient (Wildman–Crippen LogP) is 2.25. The lowest BCUT2D eigenvalue weighted by Crippen LogP contribution is -2.08. The molecule has 7 heteroatoms. The summed E-state index contributed by atoms with van der Waals surface area (Å²) >= 11 is 0. The summed E-state index contributed by atoms with van der Waals surface area (Å²) in [7, 11) is 3.67. The third-order valence-corrected chi connectivity index (χ3v) is 2.11. The summed E-state index contributed by atoms with van der Waals surface area (Å²) in [4.78, 5) is 9.81. The van der Waals surface area contributed by atoms with Gasteiger partial charge in [0.15, 0.2) is 6.26 Å². The zero-order valence-electron chi connectivity index (χ0n) is 10.7. The second-order valence-electron chi connectivity index (χ2n) is 3.83. The van der Waals surface area contributed by atoms with Crippen molar-refractivity contribution in [1.29, 1.82) is 0 Å². The molecule has 0 saturated carbocycles. The summed E-state index contributed by atoms with van der Waals surface area (Å²) in [5, 5.41) is 0. The number of rotatable bonds is 6. The molecule has 0 N–H and O–H groups in total. The highest BCUT2D eigenvalue weighted by molar-refractivity contribution is 5.63. The average Bonchev–Trinajstić information content (AvgIpc) is 3.03. The molecule has 0 bridgehead atoms. The summed E-state index contributed by atoms with van der Waals surface area (Å²) in [5.41, 5.74) is 0. The third-order valence-electron chi connectivity index (χ3n) is 2.11. The number of nitrogens with zero attached hydrogens (tertiary/aromatic N) is 3. The highest BCUT2D eigenvalue weighted by atomic mass is 19.1. The van der Waals surface area contributed by atoms with Crippen LogP contribution in [0.2, 0.25) is 0 Å². The average molecular weight is 267 g/mol. The quantitative estimate of drug-likeness (QED) is 0.799. The monoisotopic (exact) mass is 267 g/mol. The largest absolute Gasteiger partial charge is 0.473 e. The van der Waals surface area contributed by atoms with E-state index in [1.165, 1.54) is 6.26 Å². The van der Waals surface area contributed by atoms with Gasteiger partial charge in [-0.2, -0.15) is 4.98 Å². The van der Waals surface area contributed by atoms with E-state index < -0.39 is 6.67 Å². The Morgan fingerprint density at radius 1 is 1.42 bits per heavy atom. The molecule has 2 aromatic rings. The third kappa shape index (κ3) is 3.57. The number of ether oxygens (including phenoxy) is 1. The van der Waals surface area contributed by atoms with Crippen molar-refractivity contribution in [3.63, 3.8) is 0 Å². The molecule has 6 nitrogen and oxygen atoms in total. The van der Waals surface area contributed by atoms with Gasteiger partial charge in [-0.05, 0) is 6.08 Å². The number of halogens is 1. The fourth-order valence-corrected chi connectivity index (χ4v) is 1.27. The number of aromatic nitrogens is 2. The fraction of sp³-hybridized carbons (Fsp3) is 0.333. The van der Waals surface area contributed by atoms with Crippen molar-refractivity contribution in [3.05, 3.63) is 24.1 Å². The molecule has 0 aliphatic rings. The van der Waals surface area contributed by atoms with Gasteiger partial charge in [0.05, 0.1) is 6.20 Å². The van der Waals surface area contributed by atoms with Crippen molar-refractivity contribution in [1.82, 2.24) is 9.97 Å². The highest BCUT2D eigenvalue weighted by Crippen LogP contribution is 2.16. The number of anilines is 1. The lowest BCUT2D eigenvalue weighted by Gasteiger charge is -2.03. The molecule has 0 amide bonds.